The number of halogens is 2. The van der Waals surface area contributed by atoms with Gasteiger partial charge >= 0.3 is 11.9 Å². The Morgan fingerprint density at radius 2 is 2.13 bits per heavy atom. The summed E-state index contributed by atoms with van der Waals surface area (Å²) in [6.07, 6.45) is -0.562. The molecule has 88 valence electrons. The van der Waals surface area contributed by atoms with Gasteiger partial charge in [-0.15, -0.1) is 0 Å². The minimum Gasteiger partial charge on any atom is -0.465 e. The molecule has 0 aromatic rings. The van der Waals surface area contributed by atoms with Gasteiger partial charge in [0.05, 0.1) is 18.6 Å². The first kappa shape index (κ1) is 12.4. The molecule has 0 aromatic heterocycles. The molecule has 1 rings (SSSR count). The van der Waals surface area contributed by atoms with E-state index < -0.39 is 34.1 Å². The van der Waals surface area contributed by atoms with Crippen molar-refractivity contribution in [2.75, 3.05) is 18.6 Å². The molecule has 1 unspecified atom stereocenters. The van der Waals surface area contributed by atoms with Gasteiger partial charge in [0, 0.05) is 6.42 Å². The average molecular weight is 242 g/mol. The topological polar surface area (TPSA) is 60.4 Å². The minimum absolute atomic E-state index is 0.0745. The first-order chi connectivity index (χ1) is 6.77. The maximum Gasteiger partial charge on any atom is 0.376 e. The molecule has 0 bridgehead atoms. The van der Waals surface area contributed by atoms with Gasteiger partial charge in [-0.2, -0.15) is 8.78 Å². The van der Waals surface area contributed by atoms with Crippen LogP contribution in [0.5, 0.6) is 0 Å². The van der Waals surface area contributed by atoms with Crippen molar-refractivity contribution >= 4 is 15.8 Å². The van der Waals surface area contributed by atoms with Crippen LogP contribution in [0.15, 0.2) is 0 Å². The van der Waals surface area contributed by atoms with Crippen LogP contribution in [0.4, 0.5) is 8.78 Å². The Bertz CT molecular complexity index is 350. The highest BCUT2D eigenvalue weighted by Gasteiger charge is 2.44. The SMILES string of the molecule is COC(=O)C(F)(F)CC1CCS(=O)(=O)C1. The fourth-order valence-electron chi connectivity index (χ4n) is 1.63. The quantitative estimate of drug-likeness (QED) is 0.681. The molecule has 15 heavy (non-hydrogen) atoms. The molecule has 0 N–H and O–H groups in total. The van der Waals surface area contributed by atoms with Crippen LogP contribution < -0.4 is 0 Å². The number of hydrogen-bond donors (Lipinski definition) is 0. The van der Waals surface area contributed by atoms with Crippen LogP contribution in [-0.4, -0.2) is 38.9 Å². The number of ether oxygens (including phenoxy) is 1. The lowest BCUT2D eigenvalue weighted by Crippen LogP contribution is -2.32. The molecule has 7 heteroatoms. The standard InChI is InChI=1S/C8H12F2O4S/c1-14-7(11)8(9,10)4-6-2-3-15(12,13)5-6/h6H,2-5H2,1H3. The van der Waals surface area contributed by atoms with Crippen molar-refractivity contribution < 1.29 is 26.7 Å². The molecule has 0 saturated carbocycles. The summed E-state index contributed by atoms with van der Waals surface area (Å²) < 4.78 is 52.1. The Hall–Kier alpha value is -0.720. The second-order valence-electron chi connectivity index (χ2n) is 3.67. The van der Waals surface area contributed by atoms with E-state index in [0.29, 0.717) is 0 Å². The Balaban J connectivity index is 2.60. The van der Waals surface area contributed by atoms with E-state index >= 15 is 0 Å². The van der Waals surface area contributed by atoms with Gasteiger partial charge in [0.2, 0.25) is 0 Å². The zero-order valence-corrected chi connectivity index (χ0v) is 9.02. The number of carbonyl (C=O) groups excluding carboxylic acids is 1. The third-order valence-corrected chi connectivity index (χ3v) is 4.19. The molecular formula is C8H12F2O4S. The van der Waals surface area contributed by atoms with Crippen molar-refractivity contribution in [3.8, 4) is 0 Å². The summed E-state index contributed by atoms with van der Waals surface area (Å²) in [5.74, 6) is -6.18. The molecule has 1 atom stereocenters. The van der Waals surface area contributed by atoms with Crippen LogP contribution in [0.2, 0.25) is 0 Å². The number of sulfone groups is 1. The summed E-state index contributed by atoms with van der Waals surface area (Å²) in [5, 5.41) is 0. The second kappa shape index (κ2) is 4.03. The van der Waals surface area contributed by atoms with Crippen LogP contribution in [0.1, 0.15) is 12.8 Å². The normalized spacial score (nSPS) is 25.1. The van der Waals surface area contributed by atoms with Crippen LogP contribution >= 0.6 is 0 Å². The summed E-state index contributed by atoms with van der Waals surface area (Å²) in [6, 6.07) is 0. The number of rotatable bonds is 3. The molecule has 0 radical (unpaired) electrons. The molecule has 1 aliphatic rings. The maximum absolute atomic E-state index is 13.1. The van der Waals surface area contributed by atoms with Crippen molar-refractivity contribution in [2.24, 2.45) is 5.92 Å². The number of methoxy groups -OCH3 is 1. The summed E-state index contributed by atoms with van der Waals surface area (Å²) in [7, 11) is -2.31. The highest BCUT2D eigenvalue weighted by molar-refractivity contribution is 7.91. The third-order valence-electron chi connectivity index (χ3n) is 2.36. The Morgan fingerprint density at radius 1 is 1.53 bits per heavy atom. The third kappa shape index (κ3) is 3.12. The van der Waals surface area contributed by atoms with Gasteiger partial charge in [0.1, 0.15) is 0 Å². The molecule has 1 heterocycles. The van der Waals surface area contributed by atoms with Crippen molar-refractivity contribution in [2.45, 2.75) is 18.8 Å². The van der Waals surface area contributed by atoms with Gasteiger partial charge in [-0.05, 0) is 12.3 Å². The second-order valence-corrected chi connectivity index (χ2v) is 5.90. The van der Waals surface area contributed by atoms with Gasteiger partial charge in [0.15, 0.2) is 9.84 Å². The number of esters is 1. The fourth-order valence-corrected chi connectivity index (χ4v) is 3.49. The van der Waals surface area contributed by atoms with E-state index in [1.807, 2.05) is 0 Å². The van der Waals surface area contributed by atoms with Gasteiger partial charge < -0.3 is 4.74 Å². The van der Waals surface area contributed by atoms with Gasteiger partial charge in [0.25, 0.3) is 0 Å². The van der Waals surface area contributed by atoms with Crippen LogP contribution in [-0.2, 0) is 19.4 Å². The molecule has 0 amide bonds. The fraction of sp³-hybridized carbons (Fsp3) is 0.875. The Kier molecular flexibility index (Phi) is 3.32. The molecule has 0 aromatic carbocycles. The van der Waals surface area contributed by atoms with Crippen molar-refractivity contribution in [1.29, 1.82) is 0 Å². The predicted molar refractivity (Wildman–Crippen MR) is 48.3 cm³/mol. The Labute approximate surface area is 86.5 Å². The number of hydrogen-bond acceptors (Lipinski definition) is 4. The number of alkyl halides is 2. The zero-order valence-electron chi connectivity index (χ0n) is 8.20. The largest absolute Gasteiger partial charge is 0.465 e. The van der Waals surface area contributed by atoms with Crippen LogP contribution in [0.25, 0.3) is 0 Å². The molecular weight excluding hydrogens is 230 g/mol. The van der Waals surface area contributed by atoms with E-state index in [4.69, 9.17) is 0 Å². The van der Waals surface area contributed by atoms with E-state index in [-0.39, 0.29) is 17.9 Å². The van der Waals surface area contributed by atoms with Crippen LogP contribution in [0.3, 0.4) is 0 Å². The molecule has 0 aliphatic carbocycles. The molecule has 1 saturated heterocycles. The molecule has 4 nitrogen and oxygen atoms in total. The lowest BCUT2D eigenvalue weighted by Gasteiger charge is -2.16. The van der Waals surface area contributed by atoms with Crippen molar-refractivity contribution in [3.63, 3.8) is 0 Å². The van der Waals surface area contributed by atoms with Crippen molar-refractivity contribution in [1.82, 2.24) is 0 Å². The first-order valence-corrected chi connectivity index (χ1v) is 6.25. The Morgan fingerprint density at radius 3 is 2.53 bits per heavy atom. The van der Waals surface area contributed by atoms with Crippen LogP contribution in [0, 0.1) is 5.92 Å². The lowest BCUT2D eigenvalue weighted by molar-refractivity contribution is -0.170. The summed E-state index contributed by atoms with van der Waals surface area (Å²) in [4.78, 5) is 10.7. The van der Waals surface area contributed by atoms with E-state index in [2.05, 4.69) is 4.74 Å². The van der Waals surface area contributed by atoms with Gasteiger partial charge in [-0.3, -0.25) is 0 Å². The van der Waals surface area contributed by atoms with Crippen molar-refractivity contribution in [3.05, 3.63) is 0 Å². The van der Waals surface area contributed by atoms with E-state index in [1.54, 1.807) is 0 Å². The summed E-state index contributed by atoms with van der Waals surface area (Å²) >= 11 is 0. The minimum atomic E-state index is -3.58. The molecule has 1 fully saturated rings. The van der Waals surface area contributed by atoms with E-state index in [1.165, 1.54) is 0 Å². The van der Waals surface area contributed by atoms with E-state index in [0.717, 1.165) is 7.11 Å². The number of carbonyl (C=O) groups is 1. The predicted octanol–water partition coefficient (Wildman–Crippen LogP) is 0.619. The van der Waals surface area contributed by atoms with E-state index in [9.17, 15) is 22.0 Å². The lowest BCUT2D eigenvalue weighted by atomic mass is 10.0. The molecule has 0 spiro atoms. The highest BCUT2D eigenvalue weighted by Crippen LogP contribution is 2.31. The average Bonchev–Trinajstić information content (AvgIpc) is 2.43. The monoisotopic (exact) mass is 242 g/mol. The highest BCUT2D eigenvalue weighted by atomic mass is 32.2. The molecule has 1 aliphatic heterocycles. The van der Waals surface area contributed by atoms with Gasteiger partial charge in [-0.1, -0.05) is 0 Å². The summed E-state index contributed by atoms with van der Waals surface area (Å²) in [5.41, 5.74) is 0. The van der Waals surface area contributed by atoms with Gasteiger partial charge in [-0.25, -0.2) is 13.2 Å². The zero-order chi connectivity index (χ0) is 11.7. The smallest absolute Gasteiger partial charge is 0.376 e. The summed E-state index contributed by atoms with van der Waals surface area (Å²) in [6.45, 7) is 0. The maximum atomic E-state index is 13.1. The first-order valence-electron chi connectivity index (χ1n) is 4.43.